The van der Waals surface area contributed by atoms with Gasteiger partial charge in [-0.1, -0.05) is 12.1 Å². The minimum absolute atomic E-state index is 0.213. The van der Waals surface area contributed by atoms with E-state index in [1.54, 1.807) is 38.2 Å². The number of hydroxylamine groups is 1. The molecular weight excluding hydrogens is 344 g/mol. The second-order valence-corrected chi connectivity index (χ2v) is 6.51. The van der Waals surface area contributed by atoms with E-state index in [4.69, 9.17) is 14.8 Å². The normalized spacial score (nSPS) is 13.4. The van der Waals surface area contributed by atoms with Crippen LogP contribution in [0, 0.1) is 11.3 Å². The number of carbonyl (C=O) groups excluding carboxylic acids is 1. The van der Waals surface area contributed by atoms with Crippen LogP contribution in [0.3, 0.4) is 0 Å². The summed E-state index contributed by atoms with van der Waals surface area (Å²) in [5, 5.41) is 13.4. The molecule has 1 amide bonds. The fourth-order valence-electron chi connectivity index (χ4n) is 2.60. The summed E-state index contributed by atoms with van der Waals surface area (Å²) < 4.78 is 5.38. The molecule has 1 aliphatic heterocycles. The molecule has 1 aromatic heterocycles. The lowest BCUT2D eigenvalue weighted by atomic mass is 10.1. The number of para-hydroxylation sites is 1. The van der Waals surface area contributed by atoms with Gasteiger partial charge in [0.2, 0.25) is 0 Å². The largest absolute Gasteiger partial charge is 0.496 e. The molecule has 0 atom stereocenters. The molecule has 1 aliphatic rings. The highest BCUT2D eigenvalue weighted by Gasteiger charge is 2.24. The molecule has 0 saturated carbocycles. The Labute approximate surface area is 157 Å². The number of nitrogens with one attached hydrogen (secondary N) is 1. The lowest BCUT2D eigenvalue weighted by Crippen LogP contribution is -2.42. The molecule has 0 unspecified atom stereocenters. The third-order valence-electron chi connectivity index (χ3n) is 3.99. The van der Waals surface area contributed by atoms with Gasteiger partial charge in [-0.3, -0.25) is 9.78 Å². The van der Waals surface area contributed by atoms with Crippen molar-refractivity contribution in [2.75, 3.05) is 18.7 Å². The molecule has 0 fully saturated rings. The summed E-state index contributed by atoms with van der Waals surface area (Å²) in [6.45, 7) is 3.77. The summed E-state index contributed by atoms with van der Waals surface area (Å²) in [7, 11) is 1.61. The van der Waals surface area contributed by atoms with Crippen LogP contribution in [0.2, 0.25) is 0 Å². The number of anilines is 1. The monoisotopic (exact) mass is 364 g/mol. The Morgan fingerprint density at radius 1 is 1.37 bits per heavy atom. The van der Waals surface area contributed by atoms with E-state index in [0.29, 0.717) is 18.0 Å². The van der Waals surface area contributed by atoms with Crippen LogP contribution in [0.4, 0.5) is 5.69 Å². The van der Waals surface area contributed by atoms with Crippen LogP contribution in [-0.4, -0.2) is 30.1 Å². The molecule has 27 heavy (non-hydrogen) atoms. The number of nitriles is 1. The van der Waals surface area contributed by atoms with E-state index in [9.17, 15) is 4.79 Å². The Balaban J connectivity index is 1.76. The Morgan fingerprint density at radius 3 is 2.89 bits per heavy atom. The zero-order chi connectivity index (χ0) is 19.4. The van der Waals surface area contributed by atoms with Crippen LogP contribution in [0.15, 0.2) is 48.7 Å². The van der Waals surface area contributed by atoms with Crippen LogP contribution in [-0.2, 0) is 4.84 Å². The zero-order valence-corrected chi connectivity index (χ0v) is 15.4. The first-order valence-corrected chi connectivity index (χ1v) is 8.42. The number of carbonyl (C=O) groups is 1. The molecule has 7 nitrogen and oxygen atoms in total. The number of hydrogen-bond acceptors (Lipinski definition) is 6. The van der Waals surface area contributed by atoms with Crippen molar-refractivity contribution in [2.24, 2.45) is 0 Å². The van der Waals surface area contributed by atoms with Crippen molar-refractivity contribution in [3.63, 3.8) is 0 Å². The summed E-state index contributed by atoms with van der Waals surface area (Å²) >= 11 is 0. The Hall–Kier alpha value is -3.53. The van der Waals surface area contributed by atoms with Crippen LogP contribution in [0.25, 0.3) is 5.76 Å². The predicted octanol–water partition coefficient (Wildman–Crippen LogP) is 2.91. The summed E-state index contributed by atoms with van der Waals surface area (Å²) in [5.41, 5.74) is 0.777. The number of methoxy groups -OCH3 is 1. The number of aromatic nitrogens is 1. The average Bonchev–Trinajstić information content (AvgIpc) is 3.18. The predicted molar refractivity (Wildman–Crippen MR) is 101 cm³/mol. The molecule has 2 heterocycles. The maximum absolute atomic E-state index is 12.3. The van der Waals surface area contributed by atoms with Crippen molar-refractivity contribution in [1.29, 1.82) is 5.26 Å². The fourth-order valence-corrected chi connectivity index (χ4v) is 2.60. The van der Waals surface area contributed by atoms with Gasteiger partial charge < -0.3 is 14.9 Å². The smallest absolute Gasteiger partial charge is 0.271 e. The van der Waals surface area contributed by atoms with Gasteiger partial charge in [-0.15, -0.1) is 0 Å². The Morgan fingerprint density at radius 2 is 2.15 bits per heavy atom. The molecule has 138 valence electrons. The molecule has 0 aliphatic carbocycles. The number of nitrogens with zero attached hydrogens (tertiary/aromatic N) is 3. The average molecular weight is 364 g/mol. The van der Waals surface area contributed by atoms with Crippen molar-refractivity contribution in [2.45, 2.75) is 19.4 Å². The molecule has 0 spiro atoms. The maximum Gasteiger partial charge on any atom is 0.271 e. The van der Waals surface area contributed by atoms with Crippen molar-refractivity contribution in [3.8, 4) is 11.8 Å². The molecule has 3 rings (SSSR count). The lowest BCUT2D eigenvalue weighted by molar-refractivity contribution is 0.0924. The van der Waals surface area contributed by atoms with Crippen LogP contribution >= 0.6 is 0 Å². The second-order valence-electron chi connectivity index (χ2n) is 6.51. The number of pyridine rings is 1. The van der Waals surface area contributed by atoms with E-state index in [2.05, 4.69) is 10.3 Å². The number of hydrogen-bond donors (Lipinski definition) is 1. The Bertz CT molecular complexity index is 931. The van der Waals surface area contributed by atoms with Crippen LogP contribution < -0.4 is 15.1 Å². The zero-order valence-electron chi connectivity index (χ0n) is 15.4. The number of amides is 1. The molecule has 0 saturated heterocycles. The van der Waals surface area contributed by atoms with Gasteiger partial charge in [0.25, 0.3) is 5.91 Å². The van der Waals surface area contributed by atoms with E-state index < -0.39 is 11.4 Å². The number of benzene rings is 1. The van der Waals surface area contributed by atoms with Gasteiger partial charge in [0, 0.05) is 6.20 Å². The Kier molecular flexibility index (Phi) is 4.99. The number of rotatable bonds is 5. The number of ether oxygens (including phenoxy) is 1. The molecular formula is C20H20N4O3. The van der Waals surface area contributed by atoms with Gasteiger partial charge in [0.1, 0.15) is 17.0 Å². The van der Waals surface area contributed by atoms with E-state index in [0.717, 1.165) is 11.3 Å². The summed E-state index contributed by atoms with van der Waals surface area (Å²) in [6.07, 6.45) is 3.48. The highest BCUT2D eigenvalue weighted by molar-refractivity contribution is 5.93. The van der Waals surface area contributed by atoms with Gasteiger partial charge in [-0.25, -0.2) is 5.06 Å². The first-order chi connectivity index (χ1) is 12.9. The van der Waals surface area contributed by atoms with E-state index in [-0.39, 0.29) is 5.69 Å². The van der Waals surface area contributed by atoms with Gasteiger partial charge in [0.05, 0.1) is 31.0 Å². The highest BCUT2D eigenvalue weighted by atomic mass is 16.7. The van der Waals surface area contributed by atoms with E-state index >= 15 is 0 Å². The quantitative estimate of drug-likeness (QED) is 0.878. The van der Waals surface area contributed by atoms with Gasteiger partial charge >= 0.3 is 0 Å². The molecule has 0 bridgehead atoms. The van der Waals surface area contributed by atoms with Crippen molar-refractivity contribution in [3.05, 3.63) is 59.9 Å². The van der Waals surface area contributed by atoms with E-state index in [1.807, 2.05) is 36.4 Å². The highest BCUT2D eigenvalue weighted by Crippen LogP contribution is 2.32. The molecule has 1 N–H and O–H groups in total. The standard InChI is InChI=1S/C20H20N4O3/c1-20(2,13-21)23-19(25)16-12-14(8-10-22-16)24-11-9-18(27-24)15-6-4-5-7-17(15)26-3/h4-10,12H,11H2,1-3H3,(H,23,25). The van der Waals surface area contributed by atoms with Crippen molar-refractivity contribution < 1.29 is 14.4 Å². The first-order valence-electron chi connectivity index (χ1n) is 8.42. The van der Waals surface area contributed by atoms with Gasteiger partial charge in [-0.05, 0) is 44.2 Å². The lowest BCUT2D eigenvalue weighted by Gasteiger charge is -2.20. The SMILES string of the molecule is COc1ccccc1C1=CCN(c2ccnc(C(=O)NC(C)(C)C#N)c2)O1. The van der Waals surface area contributed by atoms with Crippen molar-refractivity contribution in [1.82, 2.24) is 10.3 Å². The summed E-state index contributed by atoms with van der Waals surface area (Å²) in [4.78, 5) is 22.4. The summed E-state index contributed by atoms with van der Waals surface area (Å²) in [5.74, 6) is 0.987. The second kappa shape index (κ2) is 7.38. The van der Waals surface area contributed by atoms with Crippen molar-refractivity contribution >= 4 is 17.4 Å². The maximum atomic E-state index is 12.3. The van der Waals surface area contributed by atoms with E-state index in [1.165, 1.54) is 6.20 Å². The van der Waals surface area contributed by atoms with Gasteiger partial charge in [-0.2, -0.15) is 5.26 Å². The third kappa shape index (κ3) is 4.01. The topological polar surface area (TPSA) is 87.5 Å². The van der Waals surface area contributed by atoms with Crippen LogP contribution in [0.5, 0.6) is 5.75 Å². The summed E-state index contributed by atoms with van der Waals surface area (Å²) in [6, 6.07) is 13.0. The molecule has 0 radical (unpaired) electrons. The third-order valence-corrected chi connectivity index (χ3v) is 3.99. The fraction of sp³-hybridized carbons (Fsp3) is 0.250. The van der Waals surface area contributed by atoms with Crippen LogP contribution in [0.1, 0.15) is 29.9 Å². The minimum atomic E-state index is -0.975. The van der Waals surface area contributed by atoms with Gasteiger partial charge in [0.15, 0.2) is 5.76 Å². The molecule has 1 aromatic carbocycles. The molecule has 7 heteroatoms. The minimum Gasteiger partial charge on any atom is -0.496 e. The first kappa shape index (κ1) is 18.3. The molecule has 2 aromatic rings.